The fourth-order valence-electron chi connectivity index (χ4n) is 6.57. The molecular formula is C37H36N2O9. The standard InChI is InChI=1S/C37H36N2O9/c1-38-13-12-23-17-32-34(46-20-45-32)35(48-31-19-26-22(16-29(31)44-4)11-14-39(2)36(26)40)33(23)27(38)15-21-5-8-25(9-6-21)47-30-18-24(37(41)42)7-10-28(30)43-3/h5-10,16-19,27H,11-15,20H2,1-4H3,(H,41,42)/t27-/m0/s1. The number of rotatable bonds is 9. The molecule has 0 saturated carbocycles. The van der Waals surface area contributed by atoms with Crippen molar-refractivity contribution in [3.8, 4) is 46.0 Å². The van der Waals surface area contributed by atoms with Gasteiger partial charge < -0.3 is 38.4 Å². The Bertz CT molecular complexity index is 1910. The van der Waals surface area contributed by atoms with E-state index < -0.39 is 5.97 Å². The Morgan fingerprint density at radius 1 is 0.854 bits per heavy atom. The molecule has 0 bridgehead atoms. The minimum absolute atomic E-state index is 0.0540. The van der Waals surface area contributed by atoms with Crippen LogP contribution in [-0.2, 0) is 19.3 Å². The van der Waals surface area contributed by atoms with Crippen molar-refractivity contribution in [2.24, 2.45) is 0 Å². The zero-order chi connectivity index (χ0) is 33.5. The van der Waals surface area contributed by atoms with Gasteiger partial charge in [0.2, 0.25) is 12.5 Å². The van der Waals surface area contributed by atoms with Crippen LogP contribution in [-0.4, -0.2) is 75.0 Å². The molecule has 0 saturated heterocycles. The fraction of sp³-hybridized carbons (Fsp3) is 0.297. The summed E-state index contributed by atoms with van der Waals surface area (Å²) >= 11 is 0. The van der Waals surface area contributed by atoms with Gasteiger partial charge in [-0.05, 0) is 91.5 Å². The molecule has 0 aliphatic carbocycles. The second-order valence-electron chi connectivity index (χ2n) is 12.1. The number of aromatic carboxylic acids is 1. The molecule has 248 valence electrons. The number of nitrogens with zero attached hydrogens (tertiary/aromatic N) is 2. The summed E-state index contributed by atoms with van der Waals surface area (Å²) in [5.41, 5.74) is 4.79. The van der Waals surface area contributed by atoms with Gasteiger partial charge in [-0.15, -0.1) is 0 Å². The largest absolute Gasteiger partial charge is 0.493 e. The number of carboxylic acids is 1. The topological polar surface area (TPSA) is 116 Å². The molecule has 11 heteroatoms. The molecule has 3 aliphatic heterocycles. The van der Waals surface area contributed by atoms with Crippen molar-refractivity contribution >= 4 is 11.9 Å². The number of carbonyl (C=O) groups excluding carboxylic acids is 1. The van der Waals surface area contributed by atoms with E-state index in [1.807, 2.05) is 36.4 Å². The second-order valence-corrected chi connectivity index (χ2v) is 12.1. The Kier molecular flexibility index (Phi) is 8.22. The molecule has 3 aliphatic rings. The van der Waals surface area contributed by atoms with E-state index in [1.54, 1.807) is 31.2 Å². The van der Waals surface area contributed by atoms with Crippen LogP contribution in [0.15, 0.2) is 60.7 Å². The summed E-state index contributed by atoms with van der Waals surface area (Å²) in [7, 11) is 7.00. The van der Waals surface area contributed by atoms with Crippen LogP contribution >= 0.6 is 0 Å². The summed E-state index contributed by atoms with van der Waals surface area (Å²) < 4.78 is 35.7. The molecule has 11 nitrogen and oxygen atoms in total. The van der Waals surface area contributed by atoms with Crippen molar-refractivity contribution < 1.29 is 43.1 Å². The van der Waals surface area contributed by atoms with E-state index >= 15 is 0 Å². The van der Waals surface area contributed by atoms with Crippen LogP contribution in [0.1, 0.15) is 49.0 Å². The highest BCUT2D eigenvalue weighted by atomic mass is 16.7. The number of benzene rings is 4. The number of amides is 1. The average molecular weight is 653 g/mol. The molecule has 0 spiro atoms. The van der Waals surface area contributed by atoms with Crippen molar-refractivity contribution in [2.45, 2.75) is 25.3 Å². The van der Waals surface area contributed by atoms with Gasteiger partial charge in [0.05, 0.1) is 19.8 Å². The van der Waals surface area contributed by atoms with Crippen LogP contribution in [0.4, 0.5) is 0 Å². The van der Waals surface area contributed by atoms with E-state index in [0.29, 0.717) is 64.5 Å². The van der Waals surface area contributed by atoms with Crippen LogP contribution in [0.3, 0.4) is 0 Å². The van der Waals surface area contributed by atoms with Crippen molar-refractivity contribution in [3.63, 3.8) is 0 Å². The maximum absolute atomic E-state index is 13.1. The van der Waals surface area contributed by atoms with Gasteiger partial charge >= 0.3 is 5.97 Å². The van der Waals surface area contributed by atoms with Gasteiger partial charge in [0.15, 0.2) is 34.5 Å². The minimum Gasteiger partial charge on any atom is -0.493 e. The lowest BCUT2D eigenvalue weighted by molar-refractivity contribution is 0.0695. The lowest BCUT2D eigenvalue weighted by Gasteiger charge is -2.36. The minimum atomic E-state index is -1.05. The fourth-order valence-corrected chi connectivity index (χ4v) is 6.57. The number of likely N-dealkylation sites (N-methyl/N-ethyl adjacent to an activating group) is 2. The number of carboxylic acid groups (broad SMARTS) is 1. The van der Waals surface area contributed by atoms with Gasteiger partial charge in [-0.3, -0.25) is 9.69 Å². The van der Waals surface area contributed by atoms with Crippen molar-refractivity contribution in [1.29, 1.82) is 0 Å². The SMILES string of the molecule is COc1ccc(C(=O)O)cc1Oc1ccc(C[C@H]2c3c(cc4c(c3Oc3cc5c(cc3OC)CCN(C)C5=O)OCO4)CCN2C)cc1. The third-order valence-electron chi connectivity index (χ3n) is 9.23. The molecule has 4 aromatic rings. The van der Waals surface area contributed by atoms with E-state index in [4.69, 9.17) is 28.4 Å². The van der Waals surface area contributed by atoms with Crippen LogP contribution < -0.4 is 28.4 Å². The molecule has 1 N–H and O–H groups in total. The van der Waals surface area contributed by atoms with Crippen molar-refractivity contribution in [1.82, 2.24) is 9.80 Å². The lowest BCUT2D eigenvalue weighted by atomic mass is 9.87. The Labute approximate surface area is 278 Å². The smallest absolute Gasteiger partial charge is 0.335 e. The molecule has 0 aromatic heterocycles. The first kappa shape index (κ1) is 31.2. The zero-order valence-electron chi connectivity index (χ0n) is 27.2. The first-order chi connectivity index (χ1) is 23.2. The summed E-state index contributed by atoms with van der Waals surface area (Å²) in [5, 5.41) is 9.42. The summed E-state index contributed by atoms with van der Waals surface area (Å²) in [6.07, 6.45) is 2.19. The Morgan fingerprint density at radius 3 is 2.35 bits per heavy atom. The molecule has 0 unspecified atom stereocenters. The molecule has 48 heavy (non-hydrogen) atoms. The first-order valence-electron chi connectivity index (χ1n) is 15.7. The summed E-state index contributed by atoms with van der Waals surface area (Å²) in [4.78, 5) is 28.6. The summed E-state index contributed by atoms with van der Waals surface area (Å²) in [6.45, 7) is 1.56. The number of fused-ring (bicyclic) bond motifs is 3. The van der Waals surface area contributed by atoms with E-state index in [9.17, 15) is 14.7 Å². The highest BCUT2D eigenvalue weighted by molar-refractivity contribution is 5.97. The van der Waals surface area contributed by atoms with Crippen LogP contribution in [0.25, 0.3) is 0 Å². The molecule has 4 aromatic carbocycles. The third-order valence-corrected chi connectivity index (χ3v) is 9.23. The summed E-state index contributed by atoms with van der Waals surface area (Å²) in [5.74, 6) is 2.87. The maximum Gasteiger partial charge on any atom is 0.335 e. The monoisotopic (exact) mass is 652 g/mol. The maximum atomic E-state index is 13.1. The molecule has 0 fully saturated rings. The van der Waals surface area contributed by atoms with E-state index in [-0.39, 0.29) is 24.3 Å². The highest BCUT2D eigenvalue weighted by Crippen LogP contribution is 2.52. The van der Waals surface area contributed by atoms with Gasteiger partial charge in [-0.1, -0.05) is 12.1 Å². The molecule has 3 heterocycles. The predicted molar refractivity (Wildman–Crippen MR) is 176 cm³/mol. The lowest BCUT2D eigenvalue weighted by Crippen LogP contribution is -2.34. The van der Waals surface area contributed by atoms with E-state index in [0.717, 1.165) is 41.6 Å². The number of hydrogen-bond donors (Lipinski definition) is 1. The van der Waals surface area contributed by atoms with E-state index in [2.05, 4.69) is 11.9 Å². The van der Waals surface area contributed by atoms with Crippen molar-refractivity contribution in [3.05, 3.63) is 94.0 Å². The number of hydrogen-bond acceptors (Lipinski definition) is 9. The first-order valence-corrected chi connectivity index (χ1v) is 15.7. The number of methoxy groups -OCH3 is 2. The average Bonchev–Trinajstić information content (AvgIpc) is 3.57. The Balaban J connectivity index is 1.22. The third kappa shape index (κ3) is 5.70. The van der Waals surface area contributed by atoms with Crippen LogP contribution in [0.5, 0.6) is 46.0 Å². The molecule has 7 rings (SSSR count). The summed E-state index contributed by atoms with van der Waals surface area (Å²) in [6, 6.07) is 17.8. The van der Waals surface area contributed by atoms with Crippen molar-refractivity contribution in [2.75, 3.05) is 48.2 Å². The van der Waals surface area contributed by atoms with Gasteiger partial charge in [0, 0.05) is 37.3 Å². The zero-order valence-corrected chi connectivity index (χ0v) is 27.2. The molecule has 1 atom stereocenters. The second kappa shape index (κ2) is 12.6. The van der Waals surface area contributed by atoms with Gasteiger partial charge in [-0.2, -0.15) is 0 Å². The predicted octanol–water partition coefficient (Wildman–Crippen LogP) is 6.12. The van der Waals surface area contributed by atoms with Crippen LogP contribution in [0, 0.1) is 0 Å². The number of carbonyl (C=O) groups is 2. The van der Waals surface area contributed by atoms with Crippen LogP contribution in [0.2, 0.25) is 0 Å². The molecule has 0 radical (unpaired) electrons. The van der Waals surface area contributed by atoms with E-state index in [1.165, 1.54) is 19.2 Å². The molecule has 1 amide bonds. The Morgan fingerprint density at radius 2 is 1.60 bits per heavy atom. The Hall–Kier alpha value is -5.42. The number of ether oxygens (including phenoxy) is 6. The normalized spacial score (nSPS) is 16.6. The highest BCUT2D eigenvalue weighted by Gasteiger charge is 2.35. The quantitative estimate of drug-likeness (QED) is 0.227. The van der Waals surface area contributed by atoms with Gasteiger partial charge in [0.1, 0.15) is 5.75 Å². The van der Waals surface area contributed by atoms with Gasteiger partial charge in [-0.25, -0.2) is 4.79 Å². The van der Waals surface area contributed by atoms with Gasteiger partial charge in [0.25, 0.3) is 5.91 Å². The molecular weight excluding hydrogens is 616 g/mol.